The Labute approximate surface area is 428 Å². The zero-order valence-corrected chi connectivity index (χ0v) is 42.3. The van der Waals surface area contributed by atoms with Crippen LogP contribution in [0.2, 0.25) is 0 Å². The number of carbonyl (C=O) groups excluding carboxylic acids is 11. The fraction of sp³-hybridized carbons (Fsp3) is 0.490. The third kappa shape index (κ3) is 19.2. The first-order chi connectivity index (χ1) is 35.3. The van der Waals surface area contributed by atoms with Gasteiger partial charge in [-0.25, -0.2) is 4.79 Å². The van der Waals surface area contributed by atoms with Crippen molar-refractivity contribution in [1.82, 2.24) is 0 Å². The Bertz CT molecular complexity index is 2500. The monoisotopic (exact) mass is 1060 g/mol. The van der Waals surface area contributed by atoms with E-state index in [1.807, 2.05) is 0 Å². The molecule has 2 aliphatic heterocycles. The molecule has 2 aromatic carbocycles. The van der Waals surface area contributed by atoms with Crippen molar-refractivity contribution in [2.45, 2.75) is 137 Å². The average Bonchev–Trinajstić information content (AvgIpc) is 3.28. The molecular formula is C49H56O26. The van der Waals surface area contributed by atoms with Gasteiger partial charge in [-0.05, 0) is 47.9 Å². The standard InChI is InChI=1S/C49H56O26/c1-23(50)62-21-39-42(68-28(6)55)44(69-29(7)56)47(72-32(10)59)49(74-39)63-22-40-43(75-41(60)16-13-33-11-14-35(64-24(2)51)37(19-33)66-26(4)53)45(70-30(8)57)46(71-31(9)58)48(73-40)61-18-17-34-12-15-36(65-25(3)52)38(20-34)67-27(5)54/h11-16,19-20,39-40,42-49H,17-18,21-22H2,1-10H3/t39-,40+,42-,43+,44+,45-,46+,47-,48+,49+/m0/s1. The van der Waals surface area contributed by atoms with E-state index in [-0.39, 0.29) is 41.6 Å². The lowest BCUT2D eigenvalue weighted by Gasteiger charge is -2.46. The van der Waals surface area contributed by atoms with Gasteiger partial charge in [-0.3, -0.25) is 47.9 Å². The van der Waals surface area contributed by atoms with E-state index in [2.05, 4.69) is 0 Å². The third-order valence-corrected chi connectivity index (χ3v) is 9.90. The summed E-state index contributed by atoms with van der Waals surface area (Å²) in [5, 5.41) is 0. The summed E-state index contributed by atoms with van der Waals surface area (Å²) in [6, 6.07) is 8.25. The van der Waals surface area contributed by atoms with Crippen LogP contribution in [0.3, 0.4) is 0 Å². The fourth-order valence-electron chi connectivity index (χ4n) is 7.36. The summed E-state index contributed by atoms with van der Waals surface area (Å²) >= 11 is 0. The third-order valence-electron chi connectivity index (χ3n) is 9.90. The molecule has 0 saturated carbocycles. The van der Waals surface area contributed by atoms with E-state index in [1.165, 1.54) is 42.5 Å². The van der Waals surface area contributed by atoms with E-state index in [1.54, 1.807) is 0 Å². The highest BCUT2D eigenvalue weighted by Crippen LogP contribution is 2.35. The van der Waals surface area contributed by atoms with Crippen LogP contribution in [0.4, 0.5) is 0 Å². The van der Waals surface area contributed by atoms with E-state index in [0.29, 0.717) is 5.56 Å². The normalized spacial score (nSPS) is 23.0. The number of rotatable bonds is 21. The highest BCUT2D eigenvalue weighted by molar-refractivity contribution is 5.87. The van der Waals surface area contributed by atoms with E-state index in [4.69, 9.17) is 71.1 Å². The minimum Gasteiger partial charge on any atom is -0.463 e. The number of hydrogen-bond donors (Lipinski definition) is 0. The molecule has 0 unspecified atom stereocenters. The molecule has 0 bridgehead atoms. The summed E-state index contributed by atoms with van der Waals surface area (Å²) in [6.07, 6.45) is -14.8. The van der Waals surface area contributed by atoms with Crippen molar-refractivity contribution in [2.75, 3.05) is 19.8 Å². The van der Waals surface area contributed by atoms with Gasteiger partial charge in [0.05, 0.1) is 13.2 Å². The van der Waals surface area contributed by atoms with Gasteiger partial charge in [-0.2, -0.15) is 0 Å². The molecule has 0 amide bonds. The van der Waals surface area contributed by atoms with Crippen molar-refractivity contribution in [1.29, 1.82) is 0 Å². The Morgan fingerprint density at radius 1 is 0.427 bits per heavy atom. The van der Waals surface area contributed by atoms with Crippen LogP contribution in [0.15, 0.2) is 42.5 Å². The van der Waals surface area contributed by atoms with Crippen LogP contribution in [0.1, 0.15) is 80.4 Å². The quantitative estimate of drug-likeness (QED) is 0.0749. The van der Waals surface area contributed by atoms with Crippen LogP contribution in [0.5, 0.6) is 23.0 Å². The number of ether oxygens (including phenoxy) is 15. The molecule has 26 heteroatoms. The van der Waals surface area contributed by atoms with Crippen LogP contribution >= 0.6 is 0 Å². The van der Waals surface area contributed by atoms with Crippen molar-refractivity contribution in [3.8, 4) is 23.0 Å². The predicted octanol–water partition coefficient (Wildman–Crippen LogP) is 2.26. The van der Waals surface area contributed by atoms with Crippen molar-refractivity contribution in [3.63, 3.8) is 0 Å². The van der Waals surface area contributed by atoms with Crippen molar-refractivity contribution in [3.05, 3.63) is 53.6 Å². The number of carbonyl (C=O) groups is 11. The first kappa shape index (κ1) is 59.8. The van der Waals surface area contributed by atoms with Crippen molar-refractivity contribution in [2.24, 2.45) is 0 Å². The molecule has 4 rings (SSSR count). The summed E-state index contributed by atoms with van der Waals surface area (Å²) in [4.78, 5) is 136. The average molecular weight is 1060 g/mol. The maximum Gasteiger partial charge on any atom is 0.331 e. The van der Waals surface area contributed by atoms with E-state index in [0.717, 1.165) is 75.3 Å². The van der Waals surface area contributed by atoms with Gasteiger partial charge in [0.1, 0.15) is 18.8 Å². The van der Waals surface area contributed by atoms with Crippen LogP contribution in [0, 0.1) is 0 Å². The molecule has 0 N–H and O–H groups in total. The van der Waals surface area contributed by atoms with Crippen molar-refractivity contribution < 1.29 is 124 Å². The van der Waals surface area contributed by atoms with Gasteiger partial charge in [-0.1, -0.05) is 12.1 Å². The van der Waals surface area contributed by atoms with Crippen LogP contribution in [0.25, 0.3) is 6.08 Å². The number of hydrogen-bond acceptors (Lipinski definition) is 26. The van der Waals surface area contributed by atoms with Gasteiger partial charge < -0.3 is 71.1 Å². The van der Waals surface area contributed by atoms with Gasteiger partial charge in [0, 0.05) is 75.3 Å². The topological polar surface area (TPSA) is 326 Å². The van der Waals surface area contributed by atoms with Crippen LogP contribution in [-0.4, -0.2) is 147 Å². The lowest BCUT2D eigenvalue weighted by atomic mass is 9.97. The van der Waals surface area contributed by atoms with Gasteiger partial charge in [-0.15, -0.1) is 0 Å². The van der Waals surface area contributed by atoms with Gasteiger partial charge in [0.25, 0.3) is 0 Å². The molecule has 2 aromatic rings. The van der Waals surface area contributed by atoms with E-state index in [9.17, 15) is 52.7 Å². The molecule has 75 heavy (non-hydrogen) atoms. The van der Waals surface area contributed by atoms with Crippen LogP contribution < -0.4 is 18.9 Å². The molecule has 0 aromatic heterocycles. The Hall–Kier alpha value is -7.81. The molecule has 2 saturated heterocycles. The largest absolute Gasteiger partial charge is 0.463 e. The summed E-state index contributed by atoms with van der Waals surface area (Å²) in [5.41, 5.74) is 0.674. The molecule has 2 fully saturated rings. The summed E-state index contributed by atoms with van der Waals surface area (Å²) in [7, 11) is 0. The second-order valence-electron chi connectivity index (χ2n) is 16.3. The SMILES string of the molecule is CC(=O)OC[C@@H]1O[C@@H](OC[C@H]2O[C@@H](OCCc3ccc(OC(C)=O)c(OC(C)=O)c3)[C@H](OC(C)=O)[C@@H](OC(C)=O)[C@@H]2OC(=O)C=Cc2ccc(OC(C)=O)c(OC(C)=O)c2)[C@@H](OC(C)=O)[C@H](OC(C)=O)[C@H]1OC(C)=O. The smallest absolute Gasteiger partial charge is 0.331 e. The summed E-state index contributed by atoms with van der Waals surface area (Å²) < 4.78 is 84.1. The highest BCUT2D eigenvalue weighted by Gasteiger charge is 2.56. The molecule has 2 aliphatic rings. The molecule has 0 spiro atoms. The van der Waals surface area contributed by atoms with Gasteiger partial charge in [0.2, 0.25) is 0 Å². The number of esters is 11. The molecule has 0 aliphatic carbocycles. The van der Waals surface area contributed by atoms with Crippen molar-refractivity contribution >= 4 is 71.7 Å². The molecule has 10 atom stereocenters. The molecular weight excluding hydrogens is 1000 g/mol. The molecule has 0 radical (unpaired) electrons. The lowest BCUT2D eigenvalue weighted by Crippen LogP contribution is -2.65. The molecule has 2 heterocycles. The van der Waals surface area contributed by atoms with Crippen LogP contribution in [-0.2, 0) is 111 Å². The second-order valence-corrected chi connectivity index (χ2v) is 16.3. The minimum absolute atomic E-state index is 0.00957. The first-order valence-electron chi connectivity index (χ1n) is 22.7. The number of benzene rings is 2. The Morgan fingerprint density at radius 2 is 0.840 bits per heavy atom. The zero-order chi connectivity index (χ0) is 55.7. The maximum atomic E-state index is 13.9. The lowest BCUT2D eigenvalue weighted by molar-refractivity contribution is -0.334. The Balaban J connectivity index is 1.80. The van der Waals surface area contributed by atoms with E-state index < -0.39 is 140 Å². The predicted molar refractivity (Wildman–Crippen MR) is 244 cm³/mol. The first-order valence-corrected chi connectivity index (χ1v) is 22.7. The minimum atomic E-state index is -1.81. The fourth-order valence-corrected chi connectivity index (χ4v) is 7.36. The molecule has 408 valence electrons. The Morgan fingerprint density at radius 3 is 1.32 bits per heavy atom. The maximum absolute atomic E-state index is 13.9. The Kier molecular flexibility index (Phi) is 22.3. The van der Waals surface area contributed by atoms with Gasteiger partial charge >= 0.3 is 65.7 Å². The van der Waals surface area contributed by atoms with E-state index >= 15 is 0 Å². The summed E-state index contributed by atoms with van der Waals surface area (Å²) in [5.74, 6) is -10.0. The highest BCUT2D eigenvalue weighted by atomic mass is 16.8. The zero-order valence-electron chi connectivity index (χ0n) is 42.3. The molecule has 26 nitrogen and oxygen atoms in total. The summed E-state index contributed by atoms with van der Waals surface area (Å²) in [6.45, 7) is 8.93. The second kappa shape index (κ2) is 28.0. The van der Waals surface area contributed by atoms with Gasteiger partial charge in [0.15, 0.2) is 72.2 Å².